The van der Waals surface area contributed by atoms with Gasteiger partial charge in [0, 0.05) is 11.3 Å². The Kier molecular flexibility index (Phi) is 4.70. The number of hydrogen-bond donors (Lipinski definition) is 1. The molecule has 0 aliphatic heterocycles. The molecular formula is C15H19NO. The van der Waals surface area contributed by atoms with Crippen LogP contribution in [0.25, 0.3) is 0 Å². The second-order valence-electron chi connectivity index (χ2n) is 4.18. The summed E-state index contributed by atoms with van der Waals surface area (Å²) >= 11 is 0. The van der Waals surface area contributed by atoms with Crippen molar-refractivity contribution < 1.29 is 4.79 Å². The van der Waals surface area contributed by atoms with Gasteiger partial charge in [-0.25, -0.2) is 0 Å². The molecular weight excluding hydrogens is 210 g/mol. The molecule has 1 aromatic carbocycles. The number of rotatable bonds is 4. The van der Waals surface area contributed by atoms with E-state index >= 15 is 0 Å². The van der Waals surface area contributed by atoms with Crippen molar-refractivity contribution in [1.29, 1.82) is 0 Å². The molecule has 0 atom stereocenters. The molecule has 0 aliphatic rings. The lowest BCUT2D eigenvalue weighted by Crippen LogP contribution is -2.13. The first-order valence-electron chi connectivity index (χ1n) is 5.71. The Balaban J connectivity index is 2.80. The number of benzene rings is 1. The van der Waals surface area contributed by atoms with Crippen LogP contribution in [0.3, 0.4) is 0 Å². The third-order valence-electron chi connectivity index (χ3n) is 2.59. The molecule has 1 aromatic rings. The van der Waals surface area contributed by atoms with Crippen LogP contribution < -0.4 is 5.32 Å². The van der Waals surface area contributed by atoms with E-state index in [2.05, 4.69) is 11.9 Å². The van der Waals surface area contributed by atoms with Crippen LogP contribution in [-0.2, 0) is 4.79 Å². The minimum absolute atomic E-state index is 0.0550. The molecule has 0 radical (unpaired) electrons. The maximum absolute atomic E-state index is 11.9. The van der Waals surface area contributed by atoms with Crippen LogP contribution in [-0.4, -0.2) is 5.91 Å². The predicted molar refractivity (Wildman–Crippen MR) is 73.1 cm³/mol. The first-order chi connectivity index (χ1) is 8.04. The Morgan fingerprint density at radius 2 is 2.12 bits per heavy atom. The molecule has 0 unspecified atom stereocenters. The monoisotopic (exact) mass is 229 g/mol. The summed E-state index contributed by atoms with van der Waals surface area (Å²) in [5.74, 6) is -0.0550. The minimum Gasteiger partial charge on any atom is -0.322 e. The van der Waals surface area contributed by atoms with Gasteiger partial charge in [0.15, 0.2) is 0 Å². The lowest BCUT2D eigenvalue weighted by molar-refractivity contribution is -0.112. The number of hydrogen-bond acceptors (Lipinski definition) is 1. The summed E-state index contributed by atoms with van der Waals surface area (Å²) in [6.45, 7) is 9.43. The molecule has 0 saturated carbocycles. The van der Waals surface area contributed by atoms with Gasteiger partial charge in [0.1, 0.15) is 0 Å². The number of carbonyl (C=O) groups excluding carboxylic acids is 1. The summed E-state index contributed by atoms with van der Waals surface area (Å²) in [7, 11) is 0. The Labute approximate surface area is 103 Å². The van der Waals surface area contributed by atoms with Gasteiger partial charge in [-0.1, -0.05) is 24.3 Å². The summed E-state index contributed by atoms with van der Waals surface area (Å²) in [6.07, 6.45) is 4.36. The molecule has 90 valence electrons. The maximum atomic E-state index is 11.9. The van der Waals surface area contributed by atoms with Crippen molar-refractivity contribution in [3.8, 4) is 0 Å². The van der Waals surface area contributed by atoms with Gasteiger partial charge in [0.25, 0.3) is 5.91 Å². The zero-order valence-corrected chi connectivity index (χ0v) is 10.7. The van der Waals surface area contributed by atoms with Crippen LogP contribution >= 0.6 is 0 Å². The highest BCUT2D eigenvalue weighted by Crippen LogP contribution is 2.17. The van der Waals surface area contributed by atoms with E-state index in [-0.39, 0.29) is 5.91 Å². The summed E-state index contributed by atoms with van der Waals surface area (Å²) in [4.78, 5) is 11.9. The number of anilines is 1. The van der Waals surface area contributed by atoms with E-state index in [1.807, 2.05) is 45.0 Å². The molecule has 0 aromatic heterocycles. The first kappa shape index (κ1) is 13.2. The molecule has 2 nitrogen and oxygen atoms in total. The fourth-order valence-corrected chi connectivity index (χ4v) is 1.44. The van der Waals surface area contributed by atoms with Gasteiger partial charge in [-0.3, -0.25) is 4.79 Å². The third kappa shape index (κ3) is 3.91. The highest BCUT2D eigenvalue weighted by Gasteiger charge is 2.06. The Hall–Kier alpha value is -1.83. The topological polar surface area (TPSA) is 29.1 Å². The second kappa shape index (κ2) is 6.04. The van der Waals surface area contributed by atoms with Crippen molar-refractivity contribution >= 4 is 11.6 Å². The molecule has 1 rings (SSSR count). The van der Waals surface area contributed by atoms with Crippen LogP contribution in [0.2, 0.25) is 0 Å². The molecule has 0 saturated heterocycles. The fraction of sp³-hybridized carbons (Fsp3) is 0.267. The van der Waals surface area contributed by atoms with Gasteiger partial charge >= 0.3 is 0 Å². The Morgan fingerprint density at radius 3 is 2.76 bits per heavy atom. The quantitative estimate of drug-likeness (QED) is 0.618. The van der Waals surface area contributed by atoms with Crippen LogP contribution in [0.15, 0.2) is 42.5 Å². The Bertz CT molecular complexity index is 458. The smallest absolute Gasteiger partial charge is 0.250 e. The molecule has 2 heteroatoms. The van der Waals surface area contributed by atoms with Crippen LogP contribution in [0.5, 0.6) is 0 Å². The summed E-state index contributed by atoms with van der Waals surface area (Å²) in [5, 5.41) is 2.92. The average molecular weight is 229 g/mol. The van der Waals surface area contributed by atoms with E-state index in [1.54, 1.807) is 6.08 Å². The number of amides is 1. The van der Waals surface area contributed by atoms with Crippen molar-refractivity contribution in [2.75, 3.05) is 5.32 Å². The molecule has 1 amide bonds. The van der Waals surface area contributed by atoms with Crippen molar-refractivity contribution in [1.82, 2.24) is 0 Å². The lowest BCUT2D eigenvalue weighted by Gasteiger charge is -2.09. The lowest BCUT2D eigenvalue weighted by atomic mass is 10.1. The number of aryl methyl sites for hydroxylation is 2. The van der Waals surface area contributed by atoms with Crippen LogP contribution in [0.4, 0.5) is 5.69 Å². The normalized spacial score (nSPS) is 11.1. The molecule has 0 fully saturated rings. The second-order valence-corrected chi connectivity index (χ2v) is 4.18. The number of carbonyl (C=O) groups is 1. The summed E-state index contributed by atoms with van der Waals surface area (Å²) in [6, 6.07) is 6.02. The molecule has 0 spiro atoms. The molecule has 17 heavy (non-hydrogen) atoms. The van der Waals surface area contributed by atoms with Crippen LogP contribution in [0, 0.1) is 13.8 Å². The van der Waals surface area contributed by atoms with E-state index in [0.29, 0.717) is 12.0 Å². The van der Waals surface area contributed by atoms with Gasteiger partial charge < -0.3 is 5.32 Å². The van der Waals surface area contributed by atoms with E-state index in [4.69, 9.17) is 0 Å². The number of allylic oxidation sites excluding steroid dienone is 2. The van der Waals surface area contributed by atoms with Gasteiger partial charge in [0.05, 0.1) is 0 Å². The van der Waals surface area contributed by atoms with E-state index < -0.39 is 0 Å². The standard InChI is InChI=1S/C15H19NO/c1-5-6-7-13(4)15(17)16-14-10-11(2)8-9-12(14)3/h5,7-10H,1,6H2,2-4H3,(H,16,17)/b13-7+. The first-order valence-corrected chi connectivity index (χ1v) is 5.71. The molecule has 1 N–H and O–H groups in total. The summed E-state index contributed by atoms with van der Waals surface area (Å²) < 4.78 is 0. The fourth-order valence-electron chi connectivity index (χ4n) is 1.44. The molecule has 0 aliphatic carbocycles. The Morgan fingerprint density at radius 1 is 1.41 bits per heavy atom. The van der Waals surface area contributed by atoms with Crippen molar-refractivity contribution in [2.45, 2.75) is 27.2 Å². The SMILES string of the molecule is C=CC/C=C(\C)C(=O)Nc1cc(C)ccc1C. The van der Waals surface area contributed by atoms with E-state index in [0.717, 1.165) is 16.8 Å². The highest BCUT2D eigenvalue weighted by molar-refractivity contribution is 6.03. The third-order valence-corrected chi connectivity index (χ3v) is 2.59. The zero-order valence-electron chi connectivity index (χ0n) is 10.7. The average Bonchev–Trinajstić information content (AvgIpc) is 2.30. The van der Waals surface area contributed by atoms with Crippen molar-refractivity contribution in [3.63, 3.8) is 0 Å². The van der Waals surface area contributed by atoms with Crippen LogP contribution in [0.1, 0.15) is 24.5 Å². The maximum Gasteiger partial charge on any atom is 0.250 e. The zero-order chi connectivity index (χ0) is 12.8. The van der Waals surface area contributed by atoms with Gasteiger partial charge in [-0.2, -0.15) is 0 Å². The minimum atomic E-state index is -0.0550. The molecule has 0 bridgehead atoms. The van der Waals surface area contributed by atoms with E-state index in [1.165, 1.54) is 0 Å². The largest absolute Gasteiger partial charge is 0.322 e. The summed E-state index contributed by atoms with van der Waals surface area (Å²) in [5.41, 5.74) is 3.80. The van der Waals surface area contributed by atoms with Crippen molar-refractivity contribution in [3.05, 3.63) is 53.6 Å². The number of nitrogens with one attached hydrogen (secondary N) is 1. The van der Waals surface area contributed by atoms with Crippen molar-refractivity contribution in [2.24, 2.45) is 0 Å². The van der Waals surface area contributed by atoms with E-state index in [9.17, 15) is 4.79 Å². The predicted octanol–water partition coefficient (Wildman–Crippen LogP) is 3.76. The van der Waals surface area contributed by atoms with Gasteiger partial charge in [0.2, 0.25) is 0 Å². The van der Waals surface area contributed by atoms with Gasteiger partial charge in [-0.05, 0) is 44.4 Å². The molecule has 0 heterocycles. The van der Waals surface area contributed by atoms with Gasteiger partial charge in [-0.15, -0.1) is 6.58 Å². The highest BCUT2D eigenvalue weighted by atomic mass is 16.1.